The predicted octanol–water partition coefficient (Wildman–Crippen LogP) is 6.06. The monoisotopic (exact) mass is 736 g/mol. The molecular formula is C40H49FN10O3. The average Bonchev–Trinajstić information content (AvgIpc) is 3.60. The molecule has 1 amide bonds. The standard InChI is InChI=1S/C40H49FN10O3/c1-7-43-34(24(4)5)38(53)54-33-22-42-16-14-28(33)20-45-39-49-36-32(23(2)3)21-47-51(36)40(50-39)46-19-27-10-8-9-11-30(27)35-31-13-12-29(48-37(52)25(6)41)18-26(31)15-17-44-35/h8-13,15,17-18,21,23-24,28,33-34,42-43H,6-7,14,16,19-20,22H2,1-5H3,(H,48,52)(H2,45,46,49,50)/t28-,33+,34+/m1/s1. The van der Waals surface area contributed by atoms with E-state index in [-0.39, 0.29) is 35.9 Å². The van der Waals surface area contributed by atoms with Crippen molar-refractivity contribution in [3.63, 3.8) is 0 Å². The van der Waals surface area contributed by atoms with Crippen molar-refractivity contribution in [3.8, 4) is 11.3 Å². The van der Waals surface area contributed by atoms with Crippen LogP contribution in [0.15, 0.2) is 73.3 Å². The first-order valence-electron chi connectivity index (χ1n) is 18.5. The number of esters is 1. The molecule has 1 fully saturated rings. The molecule has 0 saturated carbocycles. The highest BCUT2D eigenvalue weighted by molar-refractivity contribution is 6.04. The SMILES string of the molecule is C=C(F)C(=O)Nc1ccc2c(-c3ccccc3CNc3nc(NC[C@H]4CCNC[C@@H]4OC(=O)[C@@H](NCC)C(C)C)nc4c(C(C)C)cnn34)nccc2c1. The fourth-order valence-corrected chi connectivity index (χ4v) is 6.76. The number of aromatic nitrogens is 5. The number of benzene rings is 2. The molecule has 0 aliphatic carbocycles. The number of ether oxygens (including phenoxy) is 1. The van der Waals surface area contributed by atoms with Crippen LogP contribution in [0.25, 0.3) is 27.7 Å². The second-order valence-electron chi connectivity index (χ2n) is 14.2. The number of carbonyl (C=O) groups excluding carboxylic acids is 2. The van der Waals surface area contributed by atoms with E-state index < -0.39 is 11.7 Å². The Balaban J connectivity index is 1.24. The molecule has 1 aliphatic heterocycles. The number of likely N-dealkylation sites (N-methyl/N-ethyl adjacent to an activating group) is 1. The first-order valence-corrected chi connectivity index (χ1v) is 18.5. The van der Waals surface area contributed by atoms with E-state index in [1.807, 2.05) is 63.4 Å². The van der Waals surface area contributed by atoms with E-state index in [1.54, 1.807) is 22.8 Å². The van der Waals surface area contributed by atoms with E-state index in [1.165, 1.54) is 0 Å². The molecular weight excluding hydrogens is 688 g/mol. The number of halogens is 1. The maximum atomic E-state index is 13.3. The molecule has 0 bridgehead atoms. The summed E-state index contributed by atoms with van der Waals surface area (Å²) in [6, 6.07) is 14.8. The summed E-state index contributed by atoms with van der Waals surface area (Å²) >= 11 is 0. The van der Waals surface area contributed by atoms with E-state index in [2.05, 4.69) is 52.1 Å². The lowest BCUT2D eigenvalue weighted by atomic mass is 9.94. The van der Waals surface area contributed by atoms with Crippen molar-refractivity contribution in [1.29, 1.82) is 0 Å². The molecule has 4 heterocycles. The van der Waals surface area contributed by atoms with Crippen molar-refractivity contribution in [1.82, 2.24) is 35.2 Å². The average molecular weight is 737 g/mol. The van der Waals surface area contributed by atoms with Crippen molar-refractivity contribution < 1.29 is 18.7 Å². The van der Waals surface area contributed by atoms with Crippen LogP contribution in [0.3, 0.4) is 0 Å². The number of hydrogen-bond acceptors (Lipinski definition) is 11. The second kappa shape index (κ2) is 17.1. The van der Waals surface area contributed by atoms with E-state index in [0.717, 1.165) is 46.1 Å². The number of fused-ring (bicyclic) bond motifs is 2. The molecule has 1 saturated heterocycles. The third-order valence-electron chi connectivity index (χ3n) is 9.69. The van der Waals surface area contributed by atoms with Gasteiger partial charge in [-0.3, -0.25) is 14.6 Å². The molecule has 6 rings (SSSR count). The molecule has 14 heteroatoms. The van der Waals surface area contributed by atoms with Crippen LogP contribution >= 0.6 is 0 Å². The Bertz CT molecular complexity index is 2130. The molecule has 0 spiro atoms. The summed E-state index contributed by atoms with van der Waals surface area (Å²) in [5, 5.41) is 22.5. The smallest absolute Gasteiger partial charge is 0.323 e. The van der Waals surface area contributed by atoms with Gasteiger partial charge in [0.1, 0.15) is 12.1 Å². The van der Waals surface area contributed by atoms with Crippen molar-refractivity contribution in [2.75, 3.05) is 42.1 Å². The first-order chi connectivity index (χ1) is 26.0. The summed E-state index contributed by atoms with van der Waals surface area (Å²) in [4.78, 5) is 39.5. The maximum Gasteiger partial charge on any atom is 0.323 e. The minimum absolute atomic E-state index is 0.0610. The molecule has 0 radical (unpaired) electrons. The molecule has 2 aromatic carbocycles. The van der Waals surface area contributed by atoms with Crippen LogP contribution in [0.2, 0.25) is 0 Å². The van der Waals surface area contributed by atoms with Gasteiger partial charge in [-0.15, -0.1) is 0 Å². The van der Waals surface area contributed by atoms with Gasteiger partial charge in [0.05, 0.1) is 11.9 Å². The highest BCUT2D eigenvalue weighted by atomic mass is 19.1. The number of nitrogens with zero attached hydrogens (tertiary/aromatic N) is 5. The molecule has 5 aromatic rings. The van der Waals surface area contributed by atoms with Crippen molar-refractivity contribution in [2.24, 2.45) is 11.8 Å². The number of hydrogen-bond donors (Lipinski definition) is 5. The topological polar surface area (TPSA) is 159 Å². The van der Waals surface area contributed by atoms with Gasteiger partial charge in [-0.2, -0.15) is 19.6 Å². The number of piperidine rings is 1. The van der Waals surface area contributed by atoms with Gasteiger partial charge >= 0.3 is 5.97 Å². The Morgan fingerprint density at radius 1 is 1.09 bits per heavy atom. The lowest BCUT2D eigenvalue weighted by Gasteiger charge is -2.33. The Morgan fingerprint density at radius 2 is 1.91 bits per heavy atom. The van der Waals surface area contributed by atoms with Crippen LogP contribution in [-0.2, 0) is 20.9 Å². The van der Waals surface area contributed by atoms with E-state index >= 15 is 0 Å². The number of anilines is 3. The Morgan fingerprint density at radius 3 is 2.67 bits per heavy atom. The summed E-state index contributed by atoms with van der Waals surface area (Å²) in [5.74, 6) is -0.849. The Kier molecular flexibility index (Phi) is 12.1. The number of nitrogens with one attached hydrogen (secondary N) is 5. The van der Waals surface area contributed by atoms with E-state index in [9.17, 15) is 14.0 Å². The third kappa shape index (κ3) is 8.66. The predicted molar refractivity (Wildman–Crippen MR) is 210 cm³/mol. The fraction of sp³-hybridized carbons (Fsp3) is 0.400. The number of pyridine rings is 1. The van der Waals surface area contributed by atoms with Crippen LogP contribution in [0.4, 0.5) is 22.0 Å². The van der Waals surface area contributed by atoms with Crippen molar-refractivity contribution in [2.45, 2.75) is 65.6 Å². The van der Waals surface area contributed by atoms with E-state index in [0.29, 0.717) is 49.4 Å². The molecule has 3 aromatic heterocycles. The highest BCUT2D eigenvalue weighted by Crippen LogP contribution is 2.32. The summed E-state index contributed by atoms with van der Waals surface area (Å²) in [5.41, 5.74) is 4.79. The van der Waals surface area contributed by atoms with Gasteiger partial charge in [-0.05, 0) is 60.5 Å². The number of amides is 1. The third-order valence-corrected chi connectivity index (χ3v) is 9.69. The molecule has 5 N–H and O–H groups in total. The minimum atomic E-state index is -1.06. The van der Waals surface area contributed by atoms with Gasteiger partial charge in [0.2, 0.25) is 11.9 Å². The molecule has 3 atom stereocenters. The second-order valence-corrected chi connectivity index (χ2v) is 14.2. The summed E-state index contributed by atoms with van der Waals surface area (Å²) in [6.45, 7) is 16.3. The van der Waals surface area contributed by atoms with Gasteiger partial charge in [-0.1, -0.05) is 71.5 Å². The first kappa shape index (κ1) is 38.3. The lowest BCUT2D eigenvalue weighted by molar-refractivity contribution is -0.156. The number of rotatable bonds is 15. The zero-order valence-corrected chi connectivity index (χ0v) is 31.4. The molecule has 54 heavy (non-hydrogen) atoms. The summed E-state index contributed by atoms with van der Waals surface area (Å²) in [7, 11) is 0. The summed E-state index contributed by atoms with van der Waals surface area (Å²) in [6.07, 6.45) is 4.08. The van der Waals surface area contributed by atoms with Gasteiger partial charge in [0.15, 0.2) is 11.5 Å². The Hall–Kier alpha value is -5.47. The van der Waals surface area contributed by atoms with Crippen LogP contribution in [-0.4, -0.2) is 74.8 Å². The molecule has 1 aliphatic rings. The van der Waals surface area contributed by atoms with Crippen molar-refractivity contribution in [3.05, 3.63) is 84.5 Å². The van der Waals surface area contributed by atoms with Gasteiger partial charge < -0.3 is 31.3 Å². The van der Waals surface area contributed by atoms with Crippen LogP contribution < -0.4 is 26.6 Å². The van der Waals surface area contributed by atoms with Crippen LogP contribution in [0.5, 0.6) is 0 Å². The van der Waals surface area contributed by atoms with Gasteiger partial charge in [0.25, 0.3) is 5.91 Å². The molecule has 284 valence electrons. The van der Waals surface area contributed by atoms with Crippen LogP contribution in [0, 0.1) is 11.8 Å². The zero-order valence-electron chi connectivity index (χ0n) is 31.4. The Labute approximate surface area is 314 Å². The fourth-order valence-electron chi connectivity index (χ4n) is 6.76. The lowest BCUT2D eigenvalue weighted by Crippen LogP contribution is -2.49. The van der Waals surface area contributed by atoms with Gasteiger partial charge in [0, 0.05) is 53.9 Å². The minimum Gasteiger partial charge on any atom is -0.459 e. The summed E-state index contributed by atoms with van der Waals surface area (Å²) < 4.78 is 21.1. The van der Waals surface area contributed by atoms with E-state index in [4.69, 9.17) is 19.7 Å². The highest BCUT2D eigenvalue weighted by Gasteiger charge is 2.32. The quantitative estimate of drug-likeness (QED) is 0.0628. The van der Waals surface area contributed by atoms with Gasteiger partial charge in [-0.25, -0.2) is 4.39 Å². The maximum absolute atomic E-state index is 13.3. The largest absolute Gasteiger partial charge is 0.459 e. The van der Waals surface area contributed by atoms with Crippen LogP contribution in [0.1, 0.15) is 58.1 Å². The van der Waals surface area contributed by atoms with Crippen molar-refractivity contribution >= 4 is 45.9 Å². The molecule has 0 unspecified atom stereocenters. The normalized spacial score (nSPS) is 16.4. The number of carbonyl (C=O) groups is 2. The zero-order chi connectivity index (χ0) is 38.4. The molecule has 13 nitrogen and oxygen atoms in total.